The number of halogens is 1. The van der Waals surface area contributed by atoms with Crippen LogP contribution in [0, 0.1) is 0 Å². The van der Waals surface area contributed by atoms with Crippen LogP contribution in [0.25, 0.3) is 10.9 Å². The summed E-state index contributed by atoms with van der Waals surface area (Å²) in [4.78, 5) is 23.6. The van der Waals surface area contributed by atoms with Crippen molar-refractivity contribution in [3.05, 3.63) is 59.2 Å². The molecular formula is C18H16ClN3O3. The minimum absolute atomic E-state index is 0.0540. The summed E-state index contributed by atoms with van der Waals surface area (Å²) < 4.78 is 0. The lowest BCUT2D eigenvalue weighted by atomic mass is 9.92. The van der Waals surface area contributed by atoms with E-state index in [1.54, 1.807) is 36.5 Å². The van der Waals surface area contributed by atoms with Crippen LogP contribution >= 0.6 is 11.6 Å². The van der Waals surface area contributed by atoms with Gasteiger partial charge in [0.15, 0.2) is 0 Å². The number of nitrogens with one attached hydrogen (secondary N) is 2. The zero-order valence-corrected chi connectivity index (χ0v) is 14.0. The fourth-order valence-corrected chi connectivity index (χ4v) is 2.88. The van der Waals surface area contributed by atoms with Crippen molar-refractivity contribution in [1.82, 2.24) is 10.2 Å². The molecule has 0 fully saturated rings. The lowest BCUT2D eigenvalue weighted by Gasteiger charge is -2.15. The third kappa shape index (κ3) is 4.16. The zero-order valence-electron chi connectivity index (χ0n) is 13.2. The van der Waals surface area contributed by atoms with Crippen molar-refractivity contribution in [2.75, 3.05) is 5.32 Å². The van der Waals surface area contributed by atoms with Crippen LogP contribution in [-0.4, -0.2) is 27.2 Å². The number of carboxylic acid groups (broad SMARTS) is 1. The third-order valence-electron chi connectivity index (χ3n) is 3.94. The number of benzene rings is 2. The Morgan fingerprint density at radius 3 is 2.64 bits per heavy atom. The van der Waals surface area contributed by atoms with Crippen LogP contribution in [-0.2, 0) is 9.59 Å². The van der Waals surface area contributed by atoms with Gasteiger partial charge in [-0.05, 0) is 23.8 Å². The second kappa shape index (κ2) is 7.36. The van der Waals surface area contributed by atoms with E-state index in [1.807, 2.05) is 12.1 Å². The van der Waals surface area contributed by atoms with E-state index < -0.39 is 11.9 Å². The number of hydrogen-bond acceptors (Lipinski definition) is 3. The Morgan fingerprint density at radius 2 is 1.92 bits per heavy atom. The number of nitrogens with zero attached hydrogens (tertiary/aromatic N) is 1. The molecule has 0 spiro atoms. The minimum Gasteiger partial charge on any atom is -0.481 e. The fraction of sp³-hybridized carbons (Fsp3) is 0.167. The minimum atomic E-state index is -0.955. The Balaban J connectivity index is 1.77. The van der Waals surface area contributed by atoms with Crippen molar-refractivity contribution < 1.29 is 14.7 Å². The summed E-state index contributed by atoms with van der Waals surface area (Å²) in [5.41, 5.74) is 2.11. The lowest BCUT2D eigenvalue weighted by Crippen LogP contribution is -2.18. The molecule has 2 aromatic carbocycles. The van der Waals surface area contributed by atoms with Gasteiger partial charge in [-0.2, -0.15) is 5.10 Å². The van der Waals surface area contributed by atoms with E-state index in [1.165, 1.54) is 0 Å². The number of para-hydroxylation sites is 1. The summed E-state index contributed by atoms with van der Waals surface area (Å²) in [5, 5.41) is 20.2. The van der Waals surface area contributed by atoms with Gasteiger partial charge in [0.05, 0.1) is 23.8 Å². The molecule has 25 heavy (non-hydrogen) atoms. The number of carboxylic acids is 1. The highest BCUT2D eigenvalue weighted by Crippen LogP contribution is 2.27. The topological polar surface area (TPSA) is 95.1 Å². The van der Waals surface area contributed by atoms with E-state index in [0.717, 1.165) is 16.5 Å². The summed E-state index contributed by atoms with van der Waals surface area (Å²) in [6.45, 7) is 0. The van der Waals surface area contributed by atoms with Crippen molar-refractivity contribution in [3.8, 4) is 0 Å². The van der Waals surface area contributed by atoms with E-state index in [4.69, 9.17) is 16.7 Å². The molecule has 0 aliphatic carbocycles. The SMILES string of the molecule is O=C(O)CC(CC(=O)Nc1cccc2cn[nH]c12)c1ccc(Cl)cc1. The number of H-pyrrole nitrogens is 1. The normalized spacial score (nSPS) is 12.0. The molecule has 6 nitrogen and oxygen atoms in total. The molecule has 7 heteroatoms. The molecule has 128 valence electrons. The van der Waals surface area contributed by atoms with Crippen molar-refractivity contribution in [2.24, 2.45) is 0 Å². The number of amides is 1. The van der Waals surface area contributed by atoms with Gasteiger partial charge in [-0.1, -0.05) is 35.9 Å². The molecule has 3 N–H and O–H groups in total. The van der Waals surface area contributed by atoms with Gasteiger partial charge in [0.2, 0.25) is 5.91 Å². The van der Waals surface area contributed by atoms with Gasteiger partial charge in [-0.3, -0.25) is 14.7 Å². The van der Waals surface area contributed by atoms with Gasteiger partial charge in [-0.15, -0.1) is 0 Å². The molecule has 1 heterocycles. The first-order chi connectivity index (χ1) is 12.0. The molecule has 1 atom stereocenters. The third-order valence-corrected chi connectivity index (χ3v) is 4.20. The summed E-state index contributed by atoms with van der Waals surface area (Å²) in [6.07, 6.45) is 1.59. The molecule has 1 amide bonds. The van der Waals surface area contributed by atoms with E-state index in [9.17, 15) is 9.59 Å². The first kappa shape index (κ1) is 17.0. The highest BCUT2D eigenvalue weighted by Gasteiger charge is 2.20. The quantitative estimate of drug-likeness (QED) is 0.625. The van der Waals surface area contributed by atoms with Crippen LogP contribution in [0.15, 0.2) is 48.7 Å². The van der Waals surface area contributed by atoms with Crippen molar-refractivity contribution in [3.63, 3.8) is 0 Å². The van der Waals surface area contributed by atoms with Crippen molar-refractivity contribution in [1.29, 1.82) is 0 Å². The monoisotopic (exact) mass is 357 g/mol. The average Bonchev–Trinajstić information content (AvgIpc) is 3.04. The molecule has 3 rings (SSSR count). The van der Waals surface area contributed by atoms with Crippen LogP contribution in [0.4, 0.5) is 5.69 Å². The van der Waals surface area contributed by atoms with Crippen LogP contribution in [0.3, 0.4) is 0 Å². The van der Waals surface area contributed by atoms with E-state index in [2.05, 4.69) is 15.5 Å². The number of hydrogen-bond donors (Lipinski definition) is 3. The maximum Gasteiger partial charge on any atom is 0.303 e. The van der Waals surface area contributed by atoms with Gasteiger partial charge in [0.1, 0.15) is 0 Å². The number of carbonyl (C=O) groups excluding carboxylic acids is 1. The van der Waals surface area contributed by atoms with E-state index >= 15 is 0 Å². The fourth-order valence-electron chi connectivity index (χ4n) is 2.75. The summed E-state index contributed by atoms with van der Waals surface area (Å²) >= 11 is 5.87. The number of rotatable bonds is 6. The highest BCUT2D eigenvalue weighted by molar-refractivity contribution is 6.30. The number of anilines is 1. The molecule has 0 saturated heterocycles. The molecule has 1 unspecified atom stereocenters. The van der Waals surface area contributed by atoms with Crippen LogP contribution < -0.4 is 5.32 Å². The smallest absolute Gasteiger partial charge is 0.303 e. The van der Waals surface area contributed by atoms with Crippen LogP contribution in [0.2, 0.25) is 5.02 Å². The molecular weight excluding hydrogens is 342 g/mol. The number of carbonyl (C=O) groups is 2. The molecule has 3 aromatic rings. The summed E-state index contributed by atoms with van der Waals surface area (Å²) in [6, 6.07) is 12.4. The second-order valence-corrected chi connectivity index (χ2v) is 6.17. The number of aliphatic carboxylic acids is 1. The number of fused-ring (bicyclic) bond motifs is 1. The Labute approximate surface area is 148 Å². The maximum atomic E-state index is 12.4. The predicted molar refractivity (Wildman–Crippen MR) is 95.8 cm³/mol. The molecule has 0 aliphatic heterocycles. The molecule has 0 saturated carbocycles. The molecule has 0 aliphatic rings. The van der Waals surface area contributed by atoms with Crippen molar-refractivity contribution in [2.45, 2.75) is 18.8 Å². The largest absolute Gasteiger partial charge is 0.481 e. The standard InChI is InChI=1S/C18H16ClN3O3/c19-14-6-4-11(5-7-14)13(9-17(24)25)8-16(23)21-15-3-1-2-12-10-20-22-18(12)15/h1-7,10,13H,8-9H2,(H,20,22)(H,21,23)(H,24,25). The second-order valence-electron chi connectivity index (χ2n) is 5.74. The van der Waals surface area contributed by atoms with Gasteiger partial charge in [-0.25, -0.2) is 0 Å². The maximum absolute atomic E-state index is 12.4. The first-order valence-electron chi connectivity index (χ1n) is 7.72. The average molecular weight is 358 g/mol. The predicted octanol–water partition coefficient (Wildman–Crippen LogP) is 3.80. The summed E-state index contributed by atoms with van der Waals surface area (Å²) in [7, 11) is 0. The Morgan fingerprint density at radius 1 is 1.16 bits per heavy atom. The van der Waals surface area contributed by atoms with Gasteiger partial charge >= 0.3 is 5.97 Å². The zero-order chi connectivity index (χ0) is 17.8. The Hall–Kier alpha value is -2.86. The Kier molecular flexibility index (Phi) is 5.00. The van der Waals surface area contributed by atoms with Crippen molar-refractivity contribution >= 4 is 40.1 Å². The van der Waals surface area contributed by atoms with Gasteiger partial charge in [0.25, 0.3) is 0 Å². The molecule has 1 aromatic heterocycles. The first-order valence-corrected chi connectivity index (χ1v) is 8.10. The summed E-state index contributed by atoms with van der Waals surface area (Å²) in [5.74, 6) is -1.65. The van der Waals surface area contributed by atoms with Crippen LogP contribution in [0.1, 0.15) is 24.3 Å². The lowest BCUT2D eigenvalue weighted by molar-refractivity contribution is -0.137. The highest BCUT2D eigenvalue weighted by atomic mass is 35.5. The van der Waals surface area contributed by atoms with Gasteiger partial charge in [0, 0.05) is 22.7 Å². The van der Waals surface area contributed by atoms with E-state index in [0.29, 0.717) is 10.7 Å². The number of aromatic amines is 1. The Bertz CT molecular complexity index is 905. The van der Waals surface area contributed by atoms with Gasteiger partial charge < -0.3 is 10.4 Å². The molecule has 0 radical (unpaired) electrons. The van der Waals surface area contributed by atoms with Crippen LogP contribution in [0.5, 0.6) is 0 Å². The molecule has 0 bridgehead atoms. The number of aromatic nitrogens is 2. The van der Waals surface area contributed by atoms with E-state index in [-0.39, 0.29) is 18.7 Å².